The number of aromatic nitrogens is 2. The van der Waals surface area contributed by atoms with E-state index in [2.05, 4.69) is 36.8 Å². The Labute approximate surface area is 173 Å². The van der Waals surface area contributed by atoms with Gasteiger partial charge < -0.3 is 15.1 Å². The van der Waals surface area contributed by atoms with Gasteiger partial charge in [0.1, 0.15) is 5.82 Å². The third-order valence-corrected chi connectivity index (χ3v) is 4.49. The number of anilines is 2. The van der Waals surface area contributed by atoms with Crippen molar-refractivity contribution in [2.45, 2.75) is 0 Å². The van der Waals surface area contributed by atoms with Crippen molar-refractivity contribution < 1.29 is 13.6 Å². The first-order chi connectivity index (χ1) is 14.1. The van der Waals surface area contributed by atoms with Crippen molar-refractivity contribution >= 4 is 33.3 Å². The summed E-state index contributed by atoms with van der Waals surface area (Å²) < 4.78 is 20.2. The van der Waals surface area contributed by atoms with Crippen molar-refractivity contribution in [1.82, 2.24) is 10.2 Å². The second kappa shape index (κ2) is 8.24. The molecule has 2 N–H and O–H groups in total. The van der Waals surface area contributed by atoms with Crippen molar-refractivity contribution in [1.29, 1.82) is 0 Å². The van der Waals surface area contributed by atoms with Gasteiger partial charge in [-0.2, -0.15) is 0 Å². The van der Waals surface area contributed by atoms with E-state index in [0.29, 0.717) is 27.5 Å². The van der Waals surface area contributed by atoms with E-state index in [1.165, 1.54) is 12.1 Å². The predicted octanol–water partition coefficient (Wildman–Crippen LogP) is 5.95. The summed E-state index contributed by atoms with van der Waals surface area (Å²) >= 11 is 3.17. The molecule has 8 heteroatoms. The summed E-state index contributed by atoms with van der Waals surface area (Å²) in [5.41, 5.74) is 2.03. The largest absolute Gasteiger partial charge is 0.416 e. The number of carbonyl (C=O) groups excluding carboxylic acids is 1. The molecule has 144 valence electrons. The average Bonchev–Trinajstić information content (AvgIpc) is 3.21. The molecule has 0 saturated heterocycles. The molecule has 3 aromatic carbocycles. The molecule has 6 nitrogen and oxygen atoms in total. The Morgan fingerprint density at radius 3 is 2.34 bits per heavy atom. The number of halogens is 2. The minimum Gasteiger partial charge on any atom is -0.416 e. The van der Waals surface area contributed by atoms with E-state index in [1.54, 1.807) is 30.3 Å². The molecule has 0 saturated carbocycles. The number of hydrogen-bond donors (Lipinski definition) is 2. The first-order valence-corrected chi connectivity index (χ1v) is 9.40. The van der Waals surface area contributed by atoms with Crippen LogP contribution in [0.4, 0.5) is 20.6 Å². The number of nitrogens with one attached hydrogen (secondary N) is 2. The first kappa shape index (κ1) is 18.8. The van der Waals surface area contributed by atoms with E-state index in [0.717, 1.165) is 5.56 Å². The molecule has 0 unspecified atom stereocenters. The van der Waals surface area contributed by atoms with Crippen LogP contribution in [0.25, 0.3) is 22.9 Å². The SMILES string of the molecule is O=C(Nc1cccc(-c2nnc(-c3ccccc3)o2)c1)Nc1ccc(Br)cc1F. The fourth-order valence-electron chi connectivity index (χ4n) is 2.64. The third kappa shape index (κ3) is 4.49. The van der Waals surface area contributed by atoms with Gasteiger partial charge in [-0.25, -0.2) is 9.18 Å². The van der Waals surface area contributed by atoms with Crippen molar-refractivity contribution in [2.24, 2.45) is 0 Å². The minimum atomic E-state index is -0.570. The quantitative estimate of drug-likeness (QED) is 0.400. The van der Waals surface area contributed by atoms with Gasteiger partial charge in [0.05, 0.1) is 5.69 Å². The Kier molecular flexibility index (Phi) is 5.35. The van der Waals surface area contributed by atoms with Crippen LogP contribution in [0.5, 0.6) is 0 Å². The monoisotopic (exact) mass is 452 g/mol. The van der Waals surface area contributed by atoms with Gasteiger partial charge in [-0.1, -0.05) is 40.2 Å². The number of rotatable bonds is 4. The fraction of sp³-hybridized carbons (Fsp3) is 0. The number of carbonyl (C=O) groups is 1. The molecule has 2 amide bonds. The zero-order chi connectivity index (χ0) is 20.2. The average molecular weight is 453 g/mol. The topological polar surface area (TPSA) is 80.1 Å². The van der Waals surface area contributed by atoms with Gasteiger partial charge in [-0.3, -0.25) is 0 Å². The van der Waals surface area contributed by atoms with E-state index in [9.17, 15) is 9.18 Å². The molecule has 0 aliphatic rings. The number of nitrogens with zero attached hydrogens (tertiary/aromatic N) is 2. The molecule has 0 radical (unpaired) electrons. The van der Waals surface area contributed by atoms with Crippen LogP contribution < -0.4 is 10.6 Å². The Bertz CT molecular complexity index is 1160. The predicted molar refractivity (Wildman–Crippen MR) is 112 cm³/mol. The van der Waals surface area contributed by atoms with Gasteiger partial charge in [-0.15, -0.1) is 10.2 Å². The van der Waals surface area contributed by atoms with E-state index < -0.39 is 11.8 Å². The van der Waals surface area contributed by atoms with Crippen molar-refractivity contribution in [3.05, 3.63) is 83.1 Å². The van der Waals surface area contributed by atoms with Crippen molar-refractivity contribution in [3.8, 4) is 22.9 Å². The summed E-state index contributed by atoms with van der Waals surface area (Å²) in [6.45, 7) is 0. The Hall–Kier alpha value is -3.52. The van der Waals surface area contributed by atoms with Crippen LogP contribution in [0.15, 0.2) is 81.7 Å². The highest BCUT2D eigenvalue weighted by Crippen LogP contribution is 2.26. The van der Waals surface area contributed by atoms with Crippen LogP contribution in [0.3, 0.4) is 0 Å². The smallest absolute Gasteiger partial charge is 0.323 e. The second-order valence-electron chi connectivity index (χ2n) is 6.06. The summed E-state index contributed by atoms with van der Waals surface area (Å²) in [4.78, 5) is 12.2. The zero-order valence-corrected chi connectivity index (χ0v) is 16.5. The molecule has 4 aromatic rings. The van der Waals surface area contributed by atoms with Gasteiger partial charge in [0.15, 0.2) is 0 Å². The molecular weight excluding hydrogens is 439 g/mol. The summed E-state index contributed by atoms with van der Waals surface area (Å²) in [6, 6.07) is 20.2. The molecule has 0 fully saturated rings. The van der Waals surface area contributed by atoms with Gasteiger partial charge in [0, 0.05) is 21.3 Å². The molecule has 1 aromatic heterocycles. The van der Waals surface area contributed by atoms with Crippen LogP contribution >= 0.6 is 15.9 Å². The van der Waals surface area contributed by atoms with Crippen molar-refractivity contribution in [2.75, 3.05) is 10.6 Å². The van der Waals surface area contributed by atoms with E-state index in [1.807, 2.05) is 30.3 Å². The highest BCUT2D eigenvalue weighted by Gasteiger charge is 2.12. The Balaban J connectivity index is 1.49. The van der Waals surface area contributed by atoms with Crippen molar-refractivity contribution in [3.63, 3.8) is 0 Å². The summed E-state index contributed by atoms with van der Waals surface area (Å²) in [5, 5.41) is 13.3. The summed E-state index contributed by atoms with van der Waals surface area (Å²) in [6.07, 6.45) is 0. The molecule has 1 heterocycles. The standard InChI is InChI=1S/C21H14BrFN4O2/c22-15-9-10-18(17(23)12-15)25-21(28)24-16-8-4-7-14(11-16)20-27-26-19(29-20)13-5-2-1-3-6-13/h1-12H,(H2,24,25,28). The van der Waals surface area contributed by atoms with Crippen LogP contribution in [0.1, 0.15) is 0 Å². The number of amides is 2. The Morgan fingerprint density at radius 2 is 1.59 bits per heavy atom. The van der Waals surface area contributed by atoms with Crippen LogP contribution in [-0.2, 0) is 0 Å². The number of hydrogen-bond acceptors (Lipinski definition) is 4. The number of benzene rings is 3. The molecule has 0 aliphatic carbocycles. The van der Waals surface area contributed by atoms with Gasteiger partial charge in [0.2, 0.25) is 11.8 Å². The molecule has 0 aliphatic heterocycles. The van der Waals surface area contributed by atoms with Gasteiger partial charge in [0.25, 0.3) is 0 Å². The van der Waals surface area contributed by atoms with Crippen LogP contribution in [-0.4, -0.2) is 16.2 Å². The van der Waals surface area contributed by atoms with Gasteiger partial charge >= 0.3 is 6.03 Å². The first-order valence-electron chi connectivity index (χ1n) is 8.61. The lowest BCUT2D eigenvalue weighted by molar-refractivity contribution is 0.262. The minimum absolute atomic E-state index is 0.0752. The maximum absolute atomic E-state index is 13.9. The van der Waals surface area contributed by atoms with Gasteiger partial charge in [-0.05, 0) is 48.5 Å². The molecule has 4 rings (SSSR count). The normalized spacial score (nSPS) is 10.6. The fourth-order valence-corrected chi connectivity index (χ4v) is 2.98. The molecule has 29 heavy (non-hydrogen) atoms. The van der Waals surface area contributed by atoms with Crippen LogP contribution in [0, 0.1) is 5.82 Å². The molecule has 0 bridgehead atoms. The second-order valence-corrected chi connectivity index (χ2v) is 6.98. The third-order valence-electron chi connectivity index (χ3n) is 3.99. The van der Waals surface area contributed by atoms with Crippen LogP contribution in [0.2, 0.25) is 0 Å². The lowest BCUT2D eigenvalue weighted by Gasteiger charge is -2.09. The van der Waals surface area contributed by atoms with E-state index in [-0.39, 0.29) is 5.69 Å². The Morgan fingerprint density at radius 1 is 0.862 bits per heavy atom. The van der Waals surface area contributed by atoms with E-state index >= 15 is 0 Å². The summed E-state index contributed by atoms with van der Waals surface area (Å²) in [7, 11) is 0. The lowest BCUT2D eigenvalue weighted by atomic mass is 10.2. The highest BCUT2D eigenvalue weighted by atomic mass is 79.9. The zero-order valence-electron chi connectivity index (χ0n) is 14.9. The maximum Gasteiger partial charge on any atom is 0.323 e. The number of urea groups is 1. The highest BCUT2D eigenvalue weighted by molar-refractivity contribution is 9.10. The van der Waals surface area contributed by atoms with E-state index in [4.69, 9.17) is 4.42 Å². The lowest BCUT2D eigenvalue weighted by Crippen LogP contribution is -2.20. The molecule has 0 atom stereocenters. The summed E-state index contributed by atoms with van der Waals surface area (Å²) in [5.74, 6) is 0.192. The molecular formula is C21H14BrFN4O2. The molecule has 0 spiro atoms. The maximum atomic E-state index is 13.9.